The summed E-state index contributed by atoms with van der Waals surface area (Å²) in [6.07, 6.45) is 5.00. The van der Waals surface area contributed by atoms with E-state index >= 15 is 0 Å². The highest BCUT2D eigenvalue weighted by Crippen LogP contribution is 2.14. The molecular weight excluding hydrogens is 380 g/mol. The summed E-state index contributed by atoms with van der Waals surface area (Å²) >= 11 is 6.82. The maximum Gasteiger partial charge on any atom is 0.0727 e. The first-order valence-electron chi connectivity index (χ1n) is 6.50. The maximum atomic E-state index is 9.98. The van der Waals surface area contributed by atoms with Crippen LogP contribution in [0, 0.1) is 0 Å². The van der Waals surface area contributed by atoms with E-state index in [2.05, 4.69) is 44.0 Å². The lowest BCUT2D eigenvalue weighted by molar-refractivity contribution is 0.214. The van der Waals surface area contributed by atoms with Gasteiger partial charge in [-0.15, -0.1) is 0 Å². The van der Waals surface area contributed by atoms with Gasteiger partial charge in [0.1, 0.15) is 0 Å². The summed E-state index contributed by atoms with van der Waals surface area (Å²) in [6, 6.07) is 16.2. The van der Waals surface area contributed by atoms with Gasteiger partial charge < -0.3 is 5.11 Å². The minimum atomic E-state index is -0.415. The van der Waals surface area contributed by atoms with Gasteiger partial charge >= 0.3 is 0 Å². The summed E-state index contributed by atoms with van der Waals surface area (Å²) in [6.45, 7) is 0. The summed E-state index contributed by atoms with van der Waals surface area (Å²) in [5.41, 5.74) is 2.33. The molecule has 2 aromatic rings. The number of hydrogen-bond acceptors (Lipinski definition) is 1. The maximum absolute atomic E-state index is 9.98. The fourth-order valence-electron chi connectivity index (χ4n) is 1.86. The fraction of sp³-hybridized carbons (Fsp3) is 0.176. The van der Waals surface area contributed by atoms with Crippen LogP contribution in [0.5, 0.6) is 0 Å². The van der Waals surface area contributed by atoms with Crippen LogP contribution in [0.4, 0.5) is 0 Å². The number of aliphatic hydroxyl groups excluding tert-OH is 1. The molecule has 0 heterocycles. The molecule has 0 saturated carbocycles. The van der Waals surface area contributed by atoms with Gasteiger partial charge in [0.2, 0.25) is 0 Å². The Morgan fingerprint density at radius 3 is 2.05 bits per heavy atom. The third-order valence-corrected chi connectivity index (χ3v) is 4.08. The predicted molar refractivity (Wildman–Crippen MR) is 91.6 cm³/mol. The van der Waals surface area contributed by atoms with Gasteiger partial charge in [0.15, 0.2) is 0 Å². The summed E-state index contributed by atoms with van der Waals surface area (Å²) in [5.74, 6) is 0. The van der Waals surface area contributed by atoms with Crippen molar-refractivity contribution in [3.05, 3.63) is 74.7 Å². The highest BCUT2D eigenvalue weighted by Gasteiger charge is 2.00. The molecule has 0 aliphatic rings. The van der Waals surface area contributed by atoms with Crippen molar-refractivity contribution in [1.29, 1.82) is 0 Å². The molecule has 0 amide bonds. The van der Waals surface area contributed by atoms with E-state index in [4.69, 9.17) is 0 Å². The molecule has 2 rings (SSSR count). The molecule has 104 valence electrons. The highest BCUT2D eigenvalue weighted by atomic mass is 79.9. The minimum Gasteiger partial charge on any atom is -0.389 e. The standard InChI is InChI=1S/C17H16Br2O/c18-15-7-1-13(2-8-15)5-11-17(20)12-6-14-3-9-16(19)10-4-14/h1-5,7-11,17,20H,6,12H2. The minimum absolute atomic E-state index is 0.415. The van der Waals surface area contributed by atoms with Crippen LogP contribution >= 0.6 is 31.9 Å². The first-order valence-corrected chi connectivity index (χ1v) is 8.08. The van der Waals surface area contributed by atoms with Crippen LogP contribution in [0.15, 0.2) is 63.6 Å². The van der Waals surface area contributed by atoms with Gasteiger partial charge in [-0.25, -0.2) is 0 Å². The van der Waals surface area contributed by atoms with Gasteiger partial charge in [-0.2, -0.15) is 0 Å². The number of rotatable bonds is 5. The molecule has 0 saturated heterocycles. The number of aliphatic hydroxyl groups is 1. The lowest BCUT2D eigenvalue weighted by atomic mass is 10.1. The van der Waals surface area contributed by atoms with Gasteiger partial charge in [0, 0.05) is 8.95 Å². The molecule has 1 unspecified atom stereocenters. The van der Waals surface area contributed by atoms with E-state index in [9.17, 15) is 5.11 Å². The van der Waals surface area contributed by atoms with Gasteiger partial charge in [-0.1, -0.05) is 68.3 Å². The monoisotopic (exact) mass is 394 g/mol. The van der Waals surface area contributed by atoms with Crippen molar-refractivity contribution < 1.29 is 5.11 Å². The van der Waals surface area contributed by atoms with Crippen molar-refractivity contribution in [1.82, 2.24) is 0 Å². The van der Waals surface area contributed by atoms with E-state index < -0.39 is 6.10 Å². The Morgan fingerprint density at radius 2 is 1.45 bits per heavy atom. The zero-order chi connectivity index (χ0) is 14.4. The lowest BCUT2D eigenvalue weighted by Gasteiger charge is -2.06. The largest absolute Gasteiger partial charge is 0.389 e. The summed E-state index contributed by atoms with van der Waals surface area (Å²) in [7, 11) is 0. The van der Waals surface area contributed by atoms with E-state index in [1.165, 1.54) is 5.56 Å². The third kappa shape index (κ3) is 5.23. The van der Waals surface area contributed by atoms with Crippen molar-refractivity contribution >= 4 is 37.9 Å². The summed E-state index contributed by atoms with van der Waals surface area (Å²) in [4.78, 5) is 0. The Balaban J connectivity index is 1.84. The molecule has 3 heteroatoms. The molecule has 1 atom stereocenters. The van der Waals surface area contributed by atoms with Crippen LogP contribution in [0.25, 0.3) is 6.08 Å². The lowest BCUT2D eigenvalue weighted by Crippen LogP contribution is -2.03. The first-order chi connectivity index (χ1) is 9.63. The SMILES string of the molecule is OC(C=Cc1ccc(Br)cc1)CCc1ccc(Br)cc1. The Labute approximate surface area is 136 Å². The zero-order valence-electron chi connectivity index (χ0n) is 11.0. The van der Waals surface area contributed by atoms with Crippen molar-refractivity contribution in [3.63, 3.8) is 0 Å². The van der Waals surface area contributed by atoms with Crippen LogP contribution < -0.4 is 0 Å². The van der Waals surface area contributed by atoms with E-state index in [-0.39, 0.29) is 0 Å². The van der Waals surface area contributed by atoms with Gasteiger partial charge in [-0.3, -0.25) is 0 Å². The molecule has 0 bridgehead atoms. The summed E-state index contributed by atoms with van der Waals surface area (Å²) in [5, 5.41) is 9.98. The second-order valence-electron chi connectivity index (χ2n) is 4.64. The van der Waals surface area contributed by atoms with E-state index in [1.807, 2.05) is 48.6 Å². The van der Waals surface area contributed by atoms with Crippen LogP contribution in [-0.4, -0.2) is 11.2 Å². The van der Waals surface area contributed by atoms with Crippen LogP contribution in [0.1, 0.15) is 17.5 Å². The third-order valence-electron chi connectivity index (χ3n) is 3.02. The molecule has 0 aliphatic carbocycles. The smallest absolute Gasteiger partial charge is 0.0727 e. The molecule has 0 spiro atoms. The Kier molecular flexibility index (Phi) is 6.02. The van der Waals surface area contributed by atoms with Crippen molar-refractivity contribution in [2.24, 2.45) is 0 Å². The molecule has 0 aliphatic heterocycles. The van der Waals surface area contributed by atoms with E-state index in [0.717, 1.165) is 27.4 Å². The average Bonchev–Trinajstić information content (AvgIpc) is 2.46. The predicted octanol–water partition coefficient (Wildman–Crippen LogP) is 5.22. The van der Waals surface area contributed by atoms with Crippen LogP contribution in [0.2, 0.25) is 0 Å². The van der Waals surface area contributed by atoms with Crippen LogP contribution in [0.3, 0.4) is 0 Å². The highest BCUT2D eigenvalue weighted by molar-refractivity contribution is 9.10. The van der Waals surface area contributed by atoms with E-state index in [1.54, 1.807) is 0 Å². The number of aryl methyl sites for hydroxylation is 1. The Bertz CT molecular complexity index is 559. The van der Waals surface area contributed by atoms with Gasteiger partial charge in [0.05, 0.1) is 6.10 Å². The number of hydrogen-bond donors (Lipinski definition) is 1. The Hall–Kier alpha value is -0.900. The fourth-order valence-corrected chi connectivity index (χ4v) is 2.39. The molecule has 0 aromatic heterocycles. The number of halogens is 2. The van der Waals surface area contributed by atoms with Crippen molar-refractivity contribution in [2.45, 2.75) is 18.9 Å². The molecule has 0 radical (unpaired) electrons. The quantitative estimate of drug-likeness (QED) is 0.735. The van der Waals surface area contributed by atoms with Crippen LogP contribution in [-0.2, 0) is 6.42 Å². The molecule has 1 nitrogen and oxygen atoms in total. The molecular formula is C17H16Br2O. The van der Waals surface area contributed by atoms with E-state index in [0.29, 0.717) is 0 Å². The molecule has 0 fully saturated rings. The van der Waals surface area contributed by atoms with Gasteiger partial charge in [-0.05, 0) is 48.2 Å². The zero-order valence-corrected chi connectivity index (χ0v) is 14.1. The topological polar surface area (TPSA) is 20.2 Å². The molecule has 2 aromatic carbocycles. The molecule has 20 heavy (non-hydrogen) atoms. The normalized spacial score (nSPS) is 12.8. The number of benzene rings is 2. The summed E-state index contributed by atoms with van der Waals surface area (Å²) < 4.78 is 2.14. The van der Waals surface area contributed by atoms with Crippen molar-refractivity contribution in [2.75, 3.05) is 0 Å². The second-order valence-corrected chi connectivity index (χ2v) is 6.47. The Morgan fingerprint density at radius 1 is 0.900 bits per heavy atom. The average molecular weight is 396 g/mol. The second kappa shape index (κ2) is 7.77. The van der Waals surface area contributed by atoms with Gasteiger partial charge in [0.25, 0.3) is 0 Å². The molecule has 1 N–H and O–H groups in total. The first kappa shape index (κ1) is 15.5. The van der Waals surface area contributed by atoms with Crippen molar-refractivity contribution in [3.8, 4) is 0 Å².